The van der Waals surface area contributed by atoms with Crippen molar-refractivity contribution in [1.82, 2.24) is 0 Å². The zero-order valence-electron chi connectivity index (χ0n) is 8.62. The van der Waals surface area contributed by atoms with Crippen molar-refractivity contribution in [2.24, 2.45) is 15.9 Å². The average Bonchev–Trinajstić information content (AvgIpc) is 2.24. The molecule has 0 radical (unpaired) electrons. The van der Waals surface area contributed by atoms with Gasteiger partial charge in [0.2, 0.25) is 12.2 Å². The summed E-state index contributed by atoms with van der Waals surface area (Å²) in [6.45, 7) is 1.08. The van der Waals surface area contributed by atoms with Crippen LogP contribution < -0.4 is 0 Å². The molecule has 15 heavy (non-hydrogen) atoms. The third-order valence-corrected chi connectivity index (χ3v) is 2.64. The molecular formula is C10H15BrN2O2. The molecule has 4 nitrogen and oxygen atoms in total. The Labute approximate surface area is 98.0 Å². The van der Waals surface area contributed by atoms with E-state index in [1.165, 1.54) is 12.2 Å². The lowest BCUT2D eigenvalue weighted by Crippen LogP contribution is -2.04. The number of rotatable bonds is 9. The SMILES string of the molecule is O=C=NCCCC(CCBr)CCN=C=O. The fourth-order valence-electron chi connectivity index (χ4n) is 1.38. The van der Waals surface area contributed by atoms with Crippen molar-refractivity contribution in [3.63, 3.8) is 0 Å². The topological polar surface area (TPSA) is 58.9 Å². The van der Waals surface area contributed by atoms with E-state index in [1.54, 1.807) is 0 Å². The van der Waals surface area contributed by atoms with Gasteiger partial charge in [-0.2, -0.15) is 0 Å². The van der Waals surface area contributed by atoms with Crippen molar-refractivity contribution in [1.29, 1.82) is 0 Å². The lowest BCUT2D eigenvalue weighted by molar-refractivity contribution is 0.436. The summed E-state index contributed by atoms with van der Waals surface area (Å²) in [5.74, 6) is 0.531. The van der Waals surface area contributed by atoms with Crippen molar-refractivity contribution in [3.8, 4) is 0 Å². The first-order valence-corrected chi connectivity index (χ1v) is 6.10. The summed E-state index contributed by atoms with van der Waals surface area (Å²) in [6.07, 6.45) is 6.90. The Kier molecular flexibility index (Phi) is 10.7. The Morgan fingerprint density at radius 1 is 1.00 bits per heavy atom. The predicted octanol–water partition coefficient (Wildman–Crippen LogP) is 2.23. The van der Waals surface area contributed by atoms with Gasteiger partial charge in [0.1, 0.15) is 0 Å². The van der Waals surface area contributed by atoms with Gasteiger partial charge in [-0.05, 0) is 31.6 Å². The molecule has 0 rings (SSSR count). The molecule has 0 spiro atoms. The van der Waals surface area contributed by atoms with Crippen LogP contribution in [0.4, 0.5) is 0 Å². The number of halogens is 1. The quantitative estimate of drug-likeness (QED) is 0.280. The van der Waals surface area contributed by atoms with E-state index in [9.17, 15) is 9.59 Å². The van der Waals surface area contributed by atoms with Crippen LogP contribution in [0.15, 0.2) is 9.98 Å². The summed E-state index contributed by atoms with van der Waals surface area (Å²) in [6, 6.07) is 0. The first kappa shape index (κ1) is 14.2. The van der Waals surface area contributed by atoms with Gasteiger partial charge in [0.05, 0.1) is 13.1 Å². The summed E-state index contributed by atoms with van der Waals surface area (Å²) in [4.78, 5) is 26.7. The molecule has 0 N–H and O–H groups in total. The van der Waals surface area contributed by atoms with E-state index in [2.05, 4.69) is 25.9 Å². The normalized spacial score (nSPS) is 11.3. The van der Waals surface area contributed by atoms with Crippen LogP contribution >= 0.6 is 15.9 Å². The Hall–Kier alpha value is -0.760. The van der Waals surface area contributed by atoms with Gasteiger partial charge in [-0.1, -0.05) is 15.9 Å². The van der Waals surface area contributed by atoms with E-state index >= 15 is 0 Å². The molecule has 0 aliphatic rings. The third-order valence-electron chi connectivity index (χ3n) is 2.18. The molecule has 0 aromatic heterocycles. The van der Waals surface area contributed by atoms with Crippen LogP contribution in [-0.4, -0.2) is 30.6 Å². The van der Waals surface area contributed by atoms with Crippen molar-refractivity contribution in [2.75, 3.05) is 18.4 Å². The predicted molar refractivity (Wildman–Crippen MR) is 61.7 cm³/mol. The highest BCUT2D eigenvalue weighted by Gasteiger charge is 2.06. The summed E-state index contributed by atoms with van der Waals surface area (Å²) < 4.78 is 0. The van der Waals surface area contributed by atoms with E-state index in [0.29, 0.717) is 19.0 Å². The second-order valence-corrected chi connectivity index (χ2v) is 4.01. The minimum atomic E-state index is 0.531. The molecule has 0 fully saturated rings. The smallest absolute Gasteiger partial charge is 0.211 e. The van der Waals surface area contributed by atoms with Gasteiger partial charge in [-0.3, -0.25) is 0 Å². The molecule has 0 saturated carbocycles. The van der Waals surface area contributed by atoms with Gasteiger partial charge in [-0.25, -0.2) is 19.6 Å². The van der Waals surface area contributed by atoms with E-state index in [0.717, 1.165) is 31.0 Å². The van der Waals surface area contributed by atoms with Crippen LogP contribution in [0, 0.1) is 5.92 Å². The second kappa shape index (κ2) is 11.3. The largest absolute Gasteiger partial charge is 0.234 e. The van der Waals surface area contributed by atoms with Crippen molar-refractivity contribution >= 4 is 28.1 Å². The summed E-state index contributed by atoms with van der Waals surface area (Å²) in [5, 5.41) is 0.944. The zero-order valence-corrected chi connectivity index (χ0v) is 10.2. The standard InChI is InChI=1S/C10H15BrN2O2/c11-5-3-10(4-7-13-9-15)2-1-6-12-8-14/h10H,1-7H2. The minimum absolute atomic E-state index is 0.531. The van der Waals surface area contributed by atoms with E-state index in [4.69, 9.17) is 0 Å². The highest BCUT2D eigenvalue weighted by Crippen LogP contribution is 2.17. The highest BCUT2D eigenvalue weighted by molar-refractivity contribution is 9.09. The fourth-order valence-corrected chi connectivity index (χ4v) is 2.03. The van der Waals surface area contributed by atoms with Crippen LogP contribution in [-0.2, 0) is 9.59 Å². The van der Waals surface area contributed by atoms with E-state index < -0.39 is 0 Å². The molecule has 0 bridgehead atoms. The lowest BCUT2D eigenvalue weighted by Gasteiger charge is -2.12. The van der Waals surface area contributed by atoms with Gasteiger partial charge in [0, 0.05) is 5.33 Å². The molecule has 0 heterocycles. The molecule has 0 aliphatic carbocycles. The molecule has 0 aromatic rings. The monoisotopic (exact) mass is 274 g/mol. The van der Waals surface area contributed by atoms with Crippen LogP contribution in [0.1, 0.15) is 25.7 Å². The summed E-state index contributed by atoms with van der Waals surface area (Å²) >= 11 is 3.39. The zero-order chi connectivity index (χ0) is 11.4. The number of isocyanates is 2. The maximum Gasteiger partial charge on any atom is 0.234 e. The van der Waals surface area contributed by atoms with Crippen LogP contribution in [0.2, 0.25) is 0 Å². The van der Waals surface area contributed by atoms with Crippen molar-refractivity contribution in [3.05, 3.63) is 0 Å². The summed E-state index contributed by atoms with van der Waals surface area (Å²) in [5.41, 5.74) is 0. The number of carbonyl (C=O) groups excluding carboxylic acids is 2. The molecule has 0 aliphatic heterocycles. The number of alkyl halides is 1. The summed E-state index contributed by atoms with van der Waals surface area (Å²) in [7, 11) is 0. The highest BCUT2D eigenvalue weighted by atomic mass is 79.9. The number of hydrogen-bond acceptors (Lipinski definition) is 4. The number of nitrogens with zero attached hydrogens (tertiary/aromatic N) is 2. The van der Waals surface area contributed by atoms with Crippen LogP contribution in [0.25, 0.3) is 0 Å². The van der Waals surface area contributed by atoms with Gasteiger partial charge >= 0.3 is 0 Å². The lowest BCUT2D eigenvalue weighted by atomic mass is 9.97. The molecular weight excluding hydrogens is 260 g/mol. The first-order valence-electron chi connectivity index (χ1n) is 4.98. The molecule has 0 aromatic carbocycles. The Balaban J connectivity index is 3.70. The molecule has 1 atom stereocenters. The minimum Gasteiger partial charge on any atom is -0.211 e. The molecule has 5 heteroatoms. The molecule has 1 unspecified atom stereocenters. The molecule has 0 saturated heterocycles. The van der Waals surface area contributed by atoms with Gasteiger partial charge < -0.3 is 0 Å². The van der Waals surface area contributed by atoms with Gasteiger partial charge in [-0.15, -0.1) is 0 Å². The maximum absolute atomic E-state index is 9.88. The van der Waals surface area contributed by atoms with Crippen molar-refractivity contribution < 1.29 is 9.59 Å². The van der Waals surface area contributed by atoms with Crippen molar-refractivity contribution in [2.45, 2.75) is 25.7 Å². The Morgan fingerprint density at radius 3 is 2.27 bits per heavy atom. The van der Waals surface area contributed by atoms with Crippen LogP contribution in [0.3, 0.4) is 0 Å². The maximum atomic E-state index is 9.88. The van der Waals surface area contributed by atoms with Gasteiger partial charge in [0.15, 0.2) is 0 Å². The first-order chi connectivity index (χ1) is 7.35. The number of hydrogen-bond donors (Lipinski definition) is 0. The molecule has 84 valence electrons. The number of aliphatic imine (C=N–C) groups is 2. The third kappa shape index (κ3) is 9.54. The fraction of sp³-hybridized carbons (Fsp3) is 0.800. The van der Waals surface area contributed by atoms with E-state index in [1.807, 2.05) is 0 Å². The van der Waals surface area contributed by atoms with Crippen LogP contribution in [0.5, 0.6) is 0 Å². The Bertz CT molecular complexity index is 246. The van der Waals surface area contributed by atoms with Gasteiger partial charge in [0.25, 0.3) is 0 Å². The van der Waals surface area contributed by atoms with E-state index in [-0.39, 0.29) is 0 Å². The second-order valence-electron chi connectivity index (χ2n) is 3.22. The average molecular weight is 275 g/mol. The molecule has 0 amide bonds. The Morgan fingerprint density at radius 2 is 1.67 bits per heavy atom.